The number of aromatic nitrogens is 2. The van der Waals surface area contributed by atoms with E-state index >= 15 is 0 Å². The number of hydrogen-bond acceptors (Lipinski definition) is 3. The van der Waals surface area contributed by atoms with Crippen molar-refractivity contribution in [3.05, 3.63) is 82.4 Å². The number of hydrogen-bond donors (Lipinski definition) is 1. The largest absolute Gasteiger partial charge is 0.488 e. The fourth-order valence-electron chi connectivity index (χ4n) is 4.84. The van der Waals surface area contributed by atoms with Crippen LogP contribution >= 0.6 is 11.6 Å². The topological polar surface area (TPSA) is 64.3 Å². The van der Waals surface area contributed by atoms with E-state index in [0.717, 1.165) is 37.3 Å². The number of aromatic carboxylic acids is 1. The molecule has 5 rings (SSSR count). The van der Waals surface area contributed by atoms with Crippen LogP contribution in [0.2, 0.25) is 5.02 Å². The smallest absolute Gasteiger partial charge is 0.335 e. The molecular weight excluding hydrogens is 486 g/mol. The molecule has 0 atom stereocenters. The fourth-order valence-corrected chi connectivity index (χ4v) is 5.01. The van der Waals surface area contributed by atoms with Crippen LogP contribution in [-0.4, -0.2) is 20.6 Å². The number of nitrogens with zero attached hydrogens (tertiary/aromatic N) is 2. The van der Waals surface area contributed by atoms with Gasteiger partial charge in [0.05, 0.1) is 22.2 Å². The maximum Gasteiger partial charge on any atom is 0.335 e. The van der Waals surface area contributed by atoms with Gasteiger partial charge in [0.2, 0.25) is 0 Å². The van der Waals surface area contributed by atoms with Crippen molar-refractivity contribution in [3.8, 4) is 17.1 Å². The van der Waals surface area contributed by atoms with E-state index in [-0.39, 0.29) is 12.2 Å². The van der Waals surface area contributed by atoms with Crippen LogP contribution in [0.15, 0.2) is 54.6 Å². The average molecular weight is 511 g/mol. The molecule has 1 aliphatic carbocycles. The van der Waals surface area contributed by atoms with Crippen LogP contribution in [0.1, 0.15) is 48.0 Å². The lowest BCUT2D eigenvalue weighted by Crippen LogP contribution is -2.15. The summed E-state index contributed by atoms with van der Waals surface area (Å²) in [5.41, 5.74) is 2.56. The van der Waals surface area contributed by atoms with Crippen LogP contribution < -0.4 is 4.74 Å². The van der Waals surface area contributed by atoms with Crippen molar-refractivity contribution in [2.75, 3.05) is 0 Å². The van der Waals surface area contributed by atoms with E-state index in [2.05, 4.69) is 0 Å². The van der Waals surface area contributed by atoms with Gasteiger partial charge in [-0.05, 0) is 54.7 Å². The summed E-state index contributed by atoms with van der Waals surface area (Å²) in [4.78, 5) is 15.8. The third kappa shape index (κ3) is 5.07. The molecule has 1 N–H and O–H groups in total. The third-order valence-electron chi connectivity index (χ3n) is 6.74. The van der Waals surface area contributed by atoms with Crippen molar-refractivity contribution in [1.29, 1.82) is 0 Å². The second-order valence-corrected chi connectivity index (χ2v) is 9.67. The summed E-state index contributed by atoms with van der Waals surface area (Å²) in [5, 5.41) is 9.59. The van der Waals surface area contributed by atoms with Gasteiger partial charge in [-0.1, -0.05) is 43.0 Å². The molecule has 0 unspecified atom stereocenters. The minimum absolute atomic E-state index is 0.180. The van der Waals surface area contributed by atoms with Crippen molar-refractivity contribution in [2.45, 2.75) is 45.3 Å². The molecule has 8 heteroatoms. The van der Waals surface area contributed by atoms with Gasteiger partial charge in [-0.2, -0.15) is 0 Å². The first-order chi connectivity index (χ1) is 17.4. The van der Waals surface area contributed by atoms with Crippen LogP contribution in [0.25, 0.3) is 22.4 Å². The minimum Gasteiger partial charge on any atom is -0.488 e. The molecule has 1 aliphatic rings. The molecule has 4 aromatic rings. The summed E-state index contributed by atoms with van der Waals surface area (Å²) in [5.74, 6) is -1.37. The summed E-state index contributed by atoms with van der Waals surface area (Å²) in [7, 11) is 0. The molecular formula is C28H25ClF2N2O3. The molecule has 0 amide bonds. The Labute approximate surface area is 212 Å². The SMILES string of the molecule is O=C(O)c1ccc(COc2cc(Cl)ccc2-c2nc3cc(F)c(F)cc3n2CC2CCCCC2)cc1. The Morgan fingerprint density at radius 3 is 2.47 bits per heavy atom. The van der Waals surface area contributed by atoms with E-state index < -0.39 is 17.6 Å². The molecule has 0 spiro atoms. The highest BCUT2D eigenvalue weighted by Gasteiger charge is 2.22. The summed E-state index contributed by atoms with van der Waals surface area (Å²) in [6.45, 7) is 0.828. The molecule has 1 aromatic heterocycles. The lowest BCUT2D eigenvalue weighted by molar-refractivity contribution is 0.0697. The Morgan fingerprint density at radius 2 is 1.75 bits per heavy atom. The molecule has 186 valence electrons. The van der Waals surface area contributed by atoms with E-state index in [1.54, 1.807) is 30.3 Å². The standard InChI is InChI=1S/C28H25ClF2N2O3/c29-20-10-11-21(26(12-20)36-16-18-6-8-19(9-7-18)28(34)35)27-32-24-13-22(30)23(31)14-25(24)33(27)15-17-4-2-1-3-5-17/h6-14,17H,1-5,15-16H2,(H,34,35). The van der Waals surface area contributed by atoms with Gasteiger partial charge in [0, 0.05) is 23.7 Å². The van der Waals surface area contributed by atoms with E-state index in [4.69, 9.17) is 26.4 Å². The van der Waals surface area contributed by atoms with Crippen LogP contribution in [0.3, 0.4) is 0 Å². The zero-order valence-corrected chi connectivity index (χ0v) is 20.3. The molecule has 0 saturated heterocycles. The number of carboxylic acids is 1. The zero-order chi connectivity index (χ0) is 25.2. The van der Waals surface area contributed by atoms with Gasteiger partial charge in [-0.15, -0.1) is 0 Å². The second kappa shape index (κ2) is 10.3. The predicted octanol–water partition coefficient (Wildman–Crippen LogP) is 7.49. The zero-order valence-electron chi connectivity index (χ0n) is 19.5. The van der Waals surface area contributed by atoms with Gasteiger partial charge in [0.25, 0.3) is 0 Å². The summed E-state index contributed by atoms with van der Waals surface area (Å²) >= 11 is 6.29. The van der Waals surface area contributed by atoms with Gasteiger partial charge in [-0.25, -0.2) is 18.6 Å². The lowest BCUT2D eigenvalue weighted by Gasteiger charge is -2.23. The number of rotatable bonds is 7. The highest BCUT2D eigenvalue weighted by molar-refractivity contribution is 6.30. The Hall–Kier alpha value is -3.45. The number of carboxylic acid groups (broad SMARTS) is 1. The van der Waals surface area contributed by atoms with Gasteiger partial charge in [0.15, 0.2) is 11.6 Å². The Kier molecular flexibility index (Phi) is 6.92. The predicted molar refractivity (Wildman–Crippen MR) is 134 cm³/mol. The van der Waals surface area contributed by atoms with Gasteiger partial charge < -0.3 is 14.4 Å². The normalized spacial score (nSPS) is 14.3. The molecule has 36 heavy (non-hydrogen) atoms. The van der Waals surface area contributed by atoms with Crippen molar-refractivity contribution in [2.24, 2.45) is 5.92 Å². The summed E-state index contributed by atoms with van der Waals surface area (Å²) in [6, 6.07) is 14.0. The molecule has 5 nitrogen and oxygen atoms in total. The highest BCUT2D eigenvalue weighted by atomic mass is 35.5. The first kappa shape index (κ1) is 24.3. The highest BCUT2D eigenvalue weighted by Crippen LogP contribution is 2.37. The van der Waals surface area contributed by atoms with Gasteiger partial charge in [-0.3, -0.25) is 0 Å². The van der Waals surface area contributed by atoms with Crippen LogP contribution in [0.4, 0.5) is 8.78 Å². The van der Waals surface area contributed by atoms with Crippen LogP contribution in [0, 0.1) is 17.6 Å². The number of ether oxygens (including phenoxy) is 1. The van der Waals surface area contributed by atoms with Crippen LogP contribution in [0.5, 0.6) is 5.75 Å². The molecule has 0 radical (unpaired) electrons. The number of halogens is 3. The van der Waals surface area contributed by atoms with Gasteiger partial charge in [0.1, 0.15) is 18.2 Å². The molecule has 1 fully saturated rings. The molecule has 3 aromatic carbocycles. The first-order valence-electron chi connectivity index (χ1n) is 12.0. The van der Waals surface area contributed by atoms with Crippen molar-refractivity contribution in [3.63, 3.8) is 0 Å². The second-order valence-electron chi connectivity index (χ2n) is 9.24. The first-order valence-corrected chi connectivity index (χ1v) is 12.4. The Morgan fingerprint density at radius 1 is 1.03 bits per heavy atom. The summed E-state index contributed by atoms with van der Waals surface area (Å²) in [6.07, 6.45) is 5.70. The average Bonchev–Trinajstić information content (AvgIpc) is 3.20. The van der Waals surface area contributed by atoms with E-state index in [1.165, 1.54) is 24.6 Å². The van der Waals surface area contributed by atoms with Crippen molar-refractivity contribution < 1.29 is 23.4 Å². The van der Waals surface area contributed by atoms with E-state index in [1.807, 2.05) is 4.57 Å². The third-order valence-corrected chi connectivity index (χ3v) is 6.97. The molecule has 1 saturated carbocycles. The van der Waals surface area contributed by atoms with Crippen molar-refractivity contribution in [1.82, 2.24) is 9.55 Å². The maximum absolute atomic E-state index is 14.2. The van der Waals surface area contributed by atoms with E-state index in [0.29, 0.717) is 45.7 Å². The molecule has 1 heterocycles. The quantitative estimate of drug-likeness (QED) is 0.280. The minimum atomic E-state index is -0.996. The number of fused-ring (bicyclic) bond motifs is 1. The number of carbonyl (C=O) groups is 1. The monoisotopic (exact) mass is 510 g/mol. The molecule has 0 aliphatic heterocycles. The summed E-state index contributed by atoms with van der Waals surface area (Å²) < 4.78 is 36.4. The van der Waals surface area contributed by atoms with Gasteiger partial charge >= 0.3 is 5.97 Å². The fraction of sp³-hybridized carbons (Fsp3) is 0.286. The number of imidazole rings is 1. The Bertz CT molecular complexity index is 1410. The molecule has 0 bridgehead atoms. The number of benzene rings is 3. The maximum atomic E-state index is 14.2. The van der Waals surface area contributed by atoms with Crippen molar-refractivity contribution >= 4 is 28.6 Å². The Balaban J connectivity index is 1.53. The lowest BCUT2D eigenvalue weighted by atomic mass is 9.89. The van der Waals surface area contributed by atoms with E-state index in [9.17, 15) is 13.6 Å². The van der Waals surface area contributed by atoms with Crippen LogP contribution in [-0.2, 0) is 13.2 Å².